The van der Waals surface area contributed by atoms with Gasteiger partial charge in [0, 0.05) is 18.5 Å². The lowest BCUT2D eigenvalue weighted by atomic mass is 9.91. The predicted molar refractivity (Wildman–Crippen MR) is 65.8 cm³/mol. The van der Waals surface area contributed by atoms with Gasteiger partial charge in [0.25, 0.3) is 5.91 Å². The lowest BCUT2D eigenvalue weighted by Crippen LogP contribution is -2.45. The van der Waals surface area contributed by atoms with Crippen molar-refractivity contribution in [2.24, 2.45) is 0 Å². The normalized spacial score (nSPS) is 15.4. The standard InChI is InChI=1S/C13H15ClFNO/c14-8-9-16(10-4-3-5-10)13(17)11-6-1-2-7-12(11)15/h1-2,6-7,10H,3-5,8-9H2. The molecule has 0 atom stereocenters. The first kappa shape index (κ1) is 12.4. The van der Waals surface area contributed by atoms with Gasteiger partial charge in [0.2, 0.25) is 0 Å². The molecular formula is C13H15ClFNO. The molecule has 0 spiro atoms. The van der Waals surface area contributed by atoms with Gasteiger partial charge in [-0.05, 0) is 31.4 Å². The average Bonchev–Trinajstić information content (AvgIpc) is 2.26. The van der Waals surface area contributed by atoms with Crippen LogP contribution in [0.5, 0.6) is 0 Å². The van der Waals surface area contributed by atoms with Crippen molar-refractivity contribution in [2.45, 2.75) is 25.3 Å². The lowest BCUT2D eigenvalue weighted by Gasteiger charge is -2.37. The van der Waals surface area contributed by atoms with Crippen molar-refractivity contribution in [3.8, 4) is 0 Å². The van der Waals surface area contributed by atoms with E-state index in [1.54, 1.807) is 17.0 Å². The van der Waals surface area contributed by atoms with Gasteiger partial charge in [0.15, 0.2) is 0 Å². The van der Waals surface area contributed by atoms with Crippen molar-refractivity contribution in [3.63, 3.8) is 0 Å². The van der Waals surface area contributed by atoms with Crippen molar-refractivity contribution in [2.75, 3.05) is 12.4 Å². The van der Waals surface area contributed by atoms with Gasteiger partial charge in [0.05, 0.1) is 5.56 Å². The zero-order valence-electron chi connectivity index (χ0n) is 9.53. The van der Waals surface area contributed by atoms with Crippen LogP contribution < -0.4 is 0 Å². The molecule has 1 aliphatic rings. The molecule has 0 aromatic heterocycles. The van der Waals surface area contributed by atoms with Crippen LogP contribution in [0, 0.1) is 5.82 Å². The van der Waals surface area contributed by atoms with Crippen LogP contribution >= 0.6 is 11.6 Å². The second-order valence-electron chi connectivity index (χ2n) is 4.25. The molecule has 0 bridgehead atoms. The topological polar surface area (TPSA) is 20.3 Å². The number of amides is 1. The number of halogens is 2. The largest absolute Gasteiger partial charge is 0.334 e. The van der Waals surface area contributed by atoms with E-state index in [0.717, 1.165) is 19.3 Å². The molecule has 1 aliphatic carbocycles. The molecule has 1 fully saturated rings. The van der Waals surface area contributed by atoms with E-state index in [1.165, 1.54) is 12.1 Å². The number of carbonyl (C=O) groups excluding carboxylic acids is 1. The fourth-order valence-electron chi connectivity index (χ4n) is 2.03. The van der Waals surface area contributed by atoms with E-state index in [9.17, 15) is 9.18 Å². The van der Waals surface area contributed by atoms with Crippen molar-refractivity contribution >= 4 is 17.5 Å². The summed E-state index contributed by atoms with van der Waals surface area (Å²) in [7, 11) is 0. The third kappa shape index (κ3) is 2.60. The third-order valence-electron chi connectivity index (χ3n) is 3.21. The molecule has 2 nitrogen and oxygen atoms in total. The van der Waals surface area contributed by atoms with Gasteiger partial charge < -0.3 is 4.90 Å². The Balaban J connectivity index is 2.18. The van der Waals surface area contributed by atoms with E-state index in [2.05, 4.69) is 0 Å². The van der Waals surface area contributed by atoms with Crippen LogP contribution in [0.1, 0.15) is 29.6 Å². The van der Waals surface area contributed by atoms with Gasteiger partial charge in [-0.15, -0.1) is 11.6 Å². The molecule has 2 rings (SSSR count). The minimum atomic E-state index is -0.462. The number of hydrogen-bond acceptors (Lipinski definition) is 1. The monoisotopic (exact) mass is 255 g/mol. The Hall–Kier alpha value is -1.09. The molecule has 1 aromatic carbocycles. The smallest absolute Gasteiger partial charge is 0.257 e. The summed E-state index contributed by atoms with van der Waals surface area (Å²) < 4.78 is 13.5. The zero-order valence-corrected chi connectivity index (χ0v) is 10.3. The van der Waals surface area contributed by atoms with Gasteiger partial charge in [-0.1, -0.05) is 12.1 Å². The van der Waals surface area contributed by atoms with Gasteiger partial charge in [-0.3, -0.25) is 4.79 Å². The van der Waals surface area contributed by atoms with E-state index in [0.29, 0.717) is 12.4 Å². The van der Waals surface area contributed by atoms with Crippen molar-refractivity contribution < 1.29 is 9.18 Å². The molecule has 0 heterocycles. The minimum absolute atomic E-state index is 0.143. The Bertz CT molecular complexity index is 406. The molecule has 4 heteroatoms. The first-order valence-electron chi connectivity index (χ1n) is 5.85. The summed E-state index contributed by atoms with van der Waals surface area (Å²) in [6.45, 7) is 0.486. The maximum absolute atomic E-state index is 13.5. The molecule has 92 valence electrons. The summed E-state index contributed by atoms with van der Waals surface area (Å²) in [4.78, 5) is 13.9. The average molecular weight is 256 g/mol. The number of benzene rings is 1. The number of rotatable bonds is 4. The first-order chi connectivity index (χ1) is 8.24. The maximum Gasteiger partial charge on any atom is 0.257 e. The van der Waals surface area contributed by atoms with Crippen LogP contribution in [0.4, 0.5) is 4.39 Å². The van der Waals surface area contributed by atoms with Gasteiger partial charge in [0.1, 0.15) is 5.82 Å². The zero-order chi connectivity index (χ0) is 12.3. The minimum Gasteiger partial charge on any atom is -0.334 e. The highest BCUT2D eigenvalue weighted by atomic mass is 35.5. The fraction of sp³-hybridized carbons (Fsp3) is 0.462. The quantitative estimate of drug-likeness (QED) is 0.758. The van der Waals surface area contributed by atoms with Crippen LogP contribution in [-0.2, 0) is 0 Å². The van der Waals surface area contributed by atoms with E-state index < -0.39 is 5.82 Å². The van der Waals surface area contributed by atoms with E-state index in [1.807, 2.05) is 0 Å². The highest BCUT2D eigenvalue weighted by Crippen LogP contribution is 2.26. The Morgan fingerprint density at radius 3 is 2.65 bits per heavy atom. The van der Waals surface area contributed by atoms with Crippen LogP contribution in [0.3, 0.4) is 0 Å². The van der Waals surface area contributed by atoms with Crippen molar-refractivity contribution in [1.82, 2.24) is 4.90 Å². The molecule has 1 amide bonds. The highest BCUT2D eigenvalue weighted by molar-refractivity contribution is 6.18. The van der Waals surface area contributed by atoms with E-state index in [-0.39, 0.29) is 17.5 Å². The second-order valence-corrected chi connectivity index (χ2v) is 4.63. The van der Waals surface area contributed by atoms with Crippen LogP contribution in [0.15, 0.2) is 24.3 Å². The highest BCUT2D eigenvalue weighted by Gasteiger charge is 2.29. The molecule has 0 radical (unpaired) electrons. The van der Waals surface area contributed by atoms with Gasteiger partial charge in [-0.2, -0.15) is 0 Å². The van der Waals surface area contributed by atoms with Gasteiger partial charge >= 0.3 is 0 Å². The van der Waals surface area contributed by atoms with E-state index in [4.69, 9.17) is 11.6 Å². The molecule has 0 aliphatic heterocycles. The molecule has 0 saturated heterocycles. The predicted octanol–water partition coefficient (Wildman–Crippen LogP) is 3.06. The SMILES string of the molecule is O=C(c1ccccc1F)N(CCCl)C1CCC1. The number of hydrogen-bond donors (Lipinski definition) is 0. The summed E-state index contributed by atoms with van der Waals surface area (Å²) in [5.74, 6) is -0.318. The van der Waals surface area contributed by atoms with Gasteiger partial charge in [-0.25, -0.2) is 4.39 Å². The summed E-state index contributed by atoms with van der Waals surface area (Å²) in [5, 5.41) is 0. The van der Waals surface area contributed by atoms with E-state index >= 15 is 0 Å². The molecule has 1 saturated carbocycles. The molecule has 0 N–H and O–H groups in total. The van der Waals surface area contributed by atoms with Crippen LogP contribution in [-0.4, -0.2) is 29.3 Å². The van der Waals surface area contributed by atoms with Crippen molar-refractivity contribution in [1.29, 1.82) is 0 Å². The summed E-state index contributed by atoms with van der Waals surface area (Å²) in [6, 6.07) is 6.34. The van der Waals surface area contributed by atoms with Crippen molar-refractivity contribution in [3.05, 3.63) is 35.6 Å². The number of carbonyl (C=O) groups is 1. The van der Waals surface area contributed by atoms with Crippen LogP contribution in [0.2, 0.25) is 0 Å². The Morgan fingerprint density at radius 2 is 2.12 bits per heavy atom. The molecular weight excluding hydrogens is 241 g/mol. The Morgan fingerprint density at radius 1 is 1.41 bits per heavy atom. The molecule has 1 aromatic rings. The van der Waals surface area contributed by atoms with Crippen LogP contribution in [0.25, 0.3) is 0 Å². The second kappa shape index (κ2) is 5.50. The Kier molecular flexibility index (Phi) is 4.00. The third-order valence-corrected chi connectivity index (χ3v) is 3.38. The number of alkyl halides is 1. The Labute approximate surface area is 105 Å². The fourth-order valence-corrected chi connectivity index (χ4v) is 2.21. The summed E-state index contributed by atoms with van der Waals surface area (Å²) >= 11 is 5.71. The molecule has 0 unspecified atom stereocenters. The number of nitrogens with zero attached hydrogens (tertiary/aromatic N) is 1. The first-order valence-corrected chi connectivity index (χ1v) is 6.39. The summed E-state index contributed by atoms with van der Waals surface area (Å²) in [5.41, 5.74) is 0.143. The maximum atomic E-state index is 13.5. The summed E-state index contributed by atoms with van der Waals surface area (Å²) in [6.07, 6.45) is 3.13. The molecule has 17 heavy (non-hydrogen) atoms. The lowest BCUT2D eigenvalue weighted by molar-refractivity contribution is 0.0593.